The topological polar surface area (TPSA) is 44.5 Å². The van der Waals surface area contributed by atoms with E-state index in [1.54, 1.807) is 7.11 Å². The Hall–Kier alpha value is -1.06. The molecule has 0 aliphatic carbocycles. The van der Waals surface area contributed by atoms with Gasteiger partial charge in [-0.15, -0.1) is 0 Å². The number of ether oxygens (including phenoxy) is 1. The molecule has 0 fully saturated rings. The summed E-state index contributed by atoms with van der Waals surface area (Å²) in [4.78, 5) is 4.63. The first-order valence-corrected chi connectivity index (χ1v) is 4.15. The van der Waals surface area contributed by atoms with Gasteiger partial charge in [0.1, 0.15) is 5.75 Å². The number of hydrogen-bond donors (Lipinski definition) is 1. The van der Waals surface area contributed by atoms with Crippen molar-refractivity contribution in [1.82, 2.24) is 0 Å². The molecule has 1 rings (SSSR count). The highest BCUT2D eigenvalue weighted by Crippen LogP contribution is 2.26. The first kappa shape index (κ1) is 10.0. The second kappa shape index (κ2) is 4.25. The highest BCUT2D eigenvalue weighted by molar-refractivity contribution is 5.45. The van der Waals surface area contributed by atoms with Crippen LogP contribution in [0.15, 0.2) is 12.1 Å². The summed E-state index contributed by atoms with van der Waals surface area (Å²) >= 11 is 0. The largest absolute Gasteiger partial charge is 0.496 e. The van der Waals surface area contributed by atoms with E-state index in [0.717, 1.165) is 22.4 Å². The molecule has 0 heterocycles. The SMILES string of the molecule is COc1c(C)ccc(C)c1CON. The summed E-state index contributed by atoms with van der Waals surface area (Å²) in [5.74, 6) is 5.91. The van der Waals surface area contributed by atoms with Crippen molar-refractivity contribution >= 4 is 0 Å². The first-order chi connectivity index (χ1) is 6.20. The normalized spacial score (nSPS) is 10.2. The van der Waals surface area contributed by atoms with Gasteiger partial charge < -0.3 is 4.74 Å². The summed E-state index contributed by atoms with van der Waals surface area (Å²) in [6.45, 7) is 4.39. The second-order valence-electron chi connectivity index (χ2n) is 3.02. The summed E-state index contributed by atoms with van der Waals surface area (Å²) in [5, 5.41) is 0. The summed E-state index contributed by atoms with van der Waals surface area (Å²) in [6.07, 6.45) is 0. The van der Waals surface area contributed by atoms with Crippen molar-refractivity contribution in [2.45, 2.75) is 20.5 Å². The lowest BCUT2D eigenvalue weighted by Crippen LogP contribution is -2.04. The molecule has 3 nitrogen and oxygen atoms in total. The molecule has 3 heteroatoms. The molecule has 0 amide bonds. The Morgan fingerprint density at radius 1 is 1.23 bits per heavy atom. The molecule has 1 aromatic carbocycles. The third-order valence-corrected chi connectivity index (χ3v) is 2.12. The van der Waals surface area contributed by atoms with Crippen LogP contribution < -0.4 is 10.6 Å². The Morgan fingerprint density at radius 2 is 1.85 bits per heavy atom. The van der Waals surface area contributed by atoms with Crippen LogP contribution in [0.3, 0.4) is 0 Å². The molecule has 0 aliphatic heterocycles. The van der Waals surface area contributed by atoms with E-state index < -0.39 is 0 Å². The minimum Gasteiger partial charge on any atom is -0.496 e. The maximum atomic E-state index is 5.27. The fourth-order valence-electron chi connectivity index (χ4n) is 1.39. The van der Waals surface area contributed by atoms with E-state index in [9.17, 15) is 0 Å². The van der Waals surface area contributed by atoms with Crippen LogP contribution in [0.25, 0.3) is 0 Å². The van der Waals surface area contributed by atoms with Gasteiger partial charge in [-0.2, -0.15) is 0 Å². The highest BCUT2D eigenvalue weighted by atomic mass is 16.6. The third kappa shape index (κ3) is 1.99. The lowest BCUT2D eigenvalue weighted by atomic mass is 10.0. The van der Waals surface area contributed by atoms with Gasteiger partial charge in [-0.1, -0.05) is 12.1 Å². The number of nitrogens with two attached hydrogens (primary N) is 1. The van der Waals surface area contributed by atoms with Crippen molar-refractivity contribution in [3.8, 4) is 5.75 Å². The zero-order chi connectivity index (χ0) is 9.84. The molecule has 0 saturated carbocycles. The smallest absolute Gasteiger partial charge is 0.127 e. The third-order valence-electron chi connectivity index (χ3n) is 2.12. The summed E-state index contributed by atoms with van der Waals surface area (Å²) in [6, 6.07) is 4.06. The molecular formula is C10H15NO2. The van der Waals surface area contributed by atoms with Crippen LogP contribution >= 0.6 is 0 Å². The average Bonchev–Trinajstić information content (AvgIpc) is 2.12. The Balaban J connectivity index is 3.18. The molecule has 0 aromatic heterocycles. The number of hydrogen-bond acceptors (Lipinski definition) is 3. The minimum absolute atomic E-state index is 0.386. The van der Waals surface area contributed by atoms with Gasteiger partial charge in [-0.3, -0.25) is 4.84 Å². The van der Waals surface area contributed by atoms with E-state index in [2.05, 4.69) is 4.84 Å². The summed E-state index contributed by atoms with van der Waals surface area (Å²) in [7, 11) is 1.65. The zero-order valence-electron chi connectivity index (χ0n) is 8.26. The first-order valence-electron chi connectivity index (χ1n) is 4.15. The predicted molar refractivity (Wildman–Crippen MR) is 51.4 cm³/mol. The summed E-state index contributed by atoms with van der Waals surface area (Å²) in [5.41, 5.74) is 3.25. The summed E-state index contributed by atoms with van der Waals surface area (Å²) < 4.78 is 5.27. The quantitative estimate of drug-likeness (QED) is 0.722. The molecule has 0 spiro atoms. The number of methoxy groups -OCH3 is 1. The zero-order valence-corrected chi connectivity index (χ0v) is 8.26. The molecule has 0 atom stereocenters. The number of rotatable bonds is 3. The van der Waals surface area contributed by atoms with Crippen molar-refractivity contribution in [1.29, 1.82) is 0 Å². The Bertz CT molecular complexity index is 297. The van der Waals surface area contributed by atoms with Gasteiger partial charge in [0.05, 0.1) is 13.7 Å². The maximum absolute atomic E-state index is 5.27. The predicted octanol–water partition coefficient (Wildman–Crippen LogP) is 1.70. The van der Waals surface area contributed by atoms with Crippen LogP contribution in [0.1, 0.15) is 16.7 Å². The molecule has 0 unspecified atom stereocenters. The van der Waals surface area contributed by atoms with Gasteiger partial charge in [-0.05, 0) is 25.0 Å². The van der Waals surface area contributed by atoms with Crippen LogP contribution in [0.2, 0.25) is 0 Å². The molecular weight excluding hydrogens is 166 g/mol. The monoisotopic (exact) mass is 181 g/mol. The molecule has 0 saturated heterocycles. The molecule has 72 valence electrons. The van der Waals surface area contributed by atoms with Gasteiger partial charge in [0.15, 0.2) is 0 Å². The lowest BCUT2D eigenvalue weighted by molar-refractivity contribution is 0.121. The Morgan fingerprint density at radius 3 is 2.38 bits per heavy atom. The maximum Gasteiger partial charge on any atom is 0.127 e. The van der Waals surface area contributed by atoms with E-state index in [0.29, 0.717) is 6.61 Å². The fourth-order valence-corrected chi connectivity index (χ4v) is 1.39. The van der Waals surface area contributed by atoms with Crippen molar-refractivity contribution in [2.24, 2.45) is 5.90 Å². The van der Waals surface area contributed by atoms with E-state index in [1.807, 2.05) is 26.0 Å². The lowest BCUT2D eigenvalue weighted by Gasteiger charge is -2.12. The van der Waals surface area contributed by atoms with E-state index in [-0.39, 0.29) is 0 Å². The molecule has 0 bridgehead atoms. The van der Waals surface area contributed by atoms with Crippen LogP contribution in [-0.4, -0.2) is 7.11 Å². The van der Waals surface area contributed by atoms with Gasteiger partial charge in [0.25, 0.3) is 0 Å². The van der Waals surface area contributed by atoms with Gasteiger partial charge in [-0.25, -0.2) is 5.90 Å². The van der Waals surface area contributed by atoms with Crippen LogP contribution in [-0.2, 0) is 11.4 Å². The van der Waals surface area contributed by atoms with Gasteiger partial charge in [0.2, 0.25) is 0 Å². The highest BCUT2D eigenvalue weighted by Gasteiger charge is 2.08. The van der Waals surface area contributed by atoms with Crippen molar-refractivity contribution in [3.05, 3.63) is 28.8 Å². The number of benzene rings is 1. The van der Waals surface area contributed by atoms with E-state index in [4.69, 9.17) is 10.6 Å². The van der Waals surface area contributed by atoms with Crippen molar-refractivity contribution in [2.75, 3.05) is 7.11 Å². The van der Waals surface area contributed by atoms with Gasteiger partial charge >= 0.3 is 0 Å². The van der Waals surface area contributed by atoms with Crippen LogP contribution in [0.4, 0.5) is 0 Å². The van der Waals surface area contributed by atoms with Crippen molar-refractivity contribution in [3.63, 3.8) is 0 Å². The minimum atomic E-state index is 0.386. The van der Waals surface area contributed by atoms with Crippen molar-refractivity contribution < 1.29 is 9.57 Å². The van der Waals surface area contributed by atoms with Crippen LogP contribution in [0.5, 0.6) is 5.75 Å². The molecule has 0 aliphatic rings. The van der Waals surface area contributed by atoms with Gasteiger partial charge in [0, 0.05) is 5.56 Å². The Labute approximate surface area is 78.4 Å². The second-order valence-corrected chi connectivity index (χ2v) is 3.02. The average molecular weight is 181 g/mol. The van der Waals surface area contributed by atoms with E-state index in [1.165, 1.54) is 0 Å². The van der Waals surface area contributed by atoms with E-state index >= 15 is 0 Å². The Kier molecular flexibility index (Phi) is 3.28. The molecule has 1 aromatic rings. The molecule has 0 radical (unpaired) electrons. The fraction of sp³-hybridized carbons (Fsp3) is 0.400. The molecule has 2 N–H and O–H groups in total. The van der Waals surface area contributed by atoms with Crippen LogP contribution in [0, 0.1) is 13.8 Å². The molecule has 13 heavy (non-hydrogen) atoms. The standard InChI is InChI=1S/C10H15NO2/c1-7-4-5-8(2)10(12-3)9(7)6-13-11/h4-5H,6,11H2,1-3H3. The number of aryl methyl sites for hydroxylation is 2.